The van der Waals surface area contributed by atoms with E-state index in [-0.39, 0.29) is 25.7 Å². The zero-order valence-electron chi connectivity index (χ0n) is 9.34. The van der Waals surface area contributed by atoms with Crippen LogP contribution in [0.3, 0.4) is 0 Å². The fourth-order valence-corrected chi connectivity index (χ4v) is 1.87. The maximum absolute atomic E-state index is 12.6. The first-order valence-corrected chi connectivity index (χ1v) is 5.45. The summed E-state index contributed by atoms with van der Waals surface area (Å²) in [6.07, 6.45) is -3.18. The van der Waals surface area contributed by atoms with Gasteiger partial charge in [0, 0.05) is 6.04 Å². The van der Waals surface area contributed by atoms with E-state index in [0.717, 1.165) is 0 Å². The fraction of sp³-hybridized carbons (Fsp3) is 0.800. The maximum atomic E-state index is 12.6. The Bertz CT molecular complexity index is 327. The van der Waals surface area contributed by atoms with Crippen molar-refractivity contribution in [2.75, 3.05) is 0 Å². The summed E-state index contributed by atoms with van der Waals surface area (Å²) < 4.78 is 49.1. The van der Waals surface area contributed by atoms with Crippen molar-refractivity contribution in [1.29, 1.82) is 0 Å². The van der Waals surface area contributed by atoms with Crippen LogP contribution in [0.2, 0.25) is 0 Å². The van der Waals surface area contributed by atoms with Crippen LogP contribution in [0, 0.1) is 5.92 Å². The topological polar surface area (TPSA) is 66.4 Å². The van der Waals surface area contributed by atoms with Crippen molar-refractivity contribution >= 4 is 11.9 Å². The van der Waals surface area contributed by atoms with Crippen LogP contribution in [-0.4, -0.2) is 35.4 Å². The van der Waals surface area contributed by atoms with Gasteiger partial charge < -0.3 is 10.4 Å². The van der Waals surface area contributed by atoms with E-state index in [1.165, 1.54) is 0 Å². The van der Waals surface area contributed by atoms with Gasteiger partial charge in [0.2, 0.25) is 0 Å². The second-order valence-corrected chi connectivity index (χ2v) is 4.28. The second-order valence-electron chi connectivity index (χ2n) is 4.28. The largest absolute Gasteiger partial charge is 0.481 e. The number of alkyl halides is 4. The number of carboxylic acid groups (broad SMARTS) is 1. The van der Waals surface area contributed by atoms with Crippen molar-refractivity contribution in [1.82, 2.24) is 5.32 Å². The standard InChI is InChI=1S/C10H13F4NO3/c11-8(12)10(13,14)9(18)15-6-3-1-5(2-4-6)7(16)17/h5-6,8H,1-4H2,(H,15,18)(H,16,17). The molecule has 1 amide bonds. The molecule has 0 unspecified atom stereocenters. The minimum absolute atomic E-state index is 0.196. The molecule has 0 radical (unpaired) electrons. The molecule has 0 aromatic heterocycles. The van der Waals surface area contributed by atoms with Gasteiger partial charge >= 0.3 is 18.3 Å². The molecule has 1 aliphatic carbocycles. The molecule has 4 nitrogen and oxygen atoms in total. The fourth-order valence-electron chi connectivity index (χ4n) is 1.87. The van der Waals surface area contributed by atoms with Crippen LogP contribution in [0.4, 0.5) is 17.6 Å². The Morgan fingerprint density at radius 3 is 2.06 bits per heavy atom. The molecule has 0 bridgehead atoms. The Kier molecular flexibility index (Phi) is 4.53. The van der Waals surface area contributed by atoms with Crippen molar-refractivity contribution in [2.24, 2.45) is 5.92 Å². The minimum Gasteiger partial charge on any atom is -0.481 e. The van der Waals surface area contributed by atoms with Crippen LogP contribution in [0.1, 0.15) is 25.7 Å². The van der Waals surface area contributed by atoms with Crippen molar-refractivity contribution < 1.29 is 32.3 Å². The van der Waals surface area contributed by atoms with E-state index < -0.39 is 36.2 Å². The highest BCUT2D eigenvalue weighted by atomic mass is 19.3. The van der Waals surface area contributed by atoms with Gasteiger partial charge in [0.05, 0.1) is 5.92 Å². The normalized spacial score (nSPS) is 24.9. The lowest BCUT2D eigenvalue weighted by atomic mass is 9.86. The molecule has 104 valence electrons. The summed E-state index contributed by atoms with van der Waals surface area (Å²) in [5, 5.41) is 10.5. The summed E-state index contributed by atoms with van der Waals surface area (Å²) >= 11 is 0. The molecule has 0 saturated heterocycles. The summed E-state index contributed by atoms with van der Waals surface area (Å²) in [7, 11) is 0. The van der Waals surface area contributed by atoms with E-state index >= 15 is 0 Å². The second kappa shape index (κ2) is 5.53. The lowest BCUT2D eigenvalue weighted by Crippen LogP contribution is -2.50. The highest BCUT2D eigenvalue weighted by molar-refractivity contribution is 5.84. The third kappa shape index (κ3) is 3.33. The van der Waals surface area contributed by atoms with E-state index in [4.69, 9.17) is 5.11 Å². The van der Waals surface area contributed by atoms with Crippen LogP contribution < -0.4 is 5.32 Å². The van der Waals surface area contributed by atoms with Crippen LogP contribution in [0.25, 0.3) is 0 Å². The molecule has 1 aliphatic rings. The molecule has 0 aliphatic heterocycles. The van der Waals surface area contributed by atoms with Gasteiger partial charge in [0.15, 0.2) is 0 Å². The SMILES string of the molecule is O=C(O)C1CCC(NC(=O)C(F)(F)C(F)F)CC1. The summed E-state index contributed by atoms with van der Waals surface area (Å²) in [6.45, 7) is 0. The van der Waals surface area contributed by atoms with E-state index in [9.17, 15) is 27.2 Å². The monoisotopic (exact) mass is 271 g/mol. The maximum Gasteiger partial charge on any atom is 0.383 e. The van der Waals surface area contributed by atoms with Gasteiger partial charge in [-0.05, 0) is 25.7 Å². The number of nitrogens with one attached hydrogen (secondary N) is 1. The molecule has 1 saturated carbocycles. The number of hydrogen-bond acceptors (Lipinski definition) is 2. The smallest absolute Gasteiger partial charge is 0.383 e. The van der Waals surface area contributed by atoms with Crippen LogP contribution in [-0.2, 0) is 9.59 Å². The Morgan fingerprint density at radius 2 is 1.67 bits per heavy atom. The Hall–Kier alpha value is -1.34. The predicted octanol–water partition coefficient (Wildman–Crippen LogP) is 1.65. The molecule has 0 heterocycles. The first-order chi connectivity index (χ1) is 8.25. The third-order valence-electron chi connectivity index (χ3n) is 2.99. The van der Waals surface area contributed by atoms with Gasteiger partial charge in [0.1, 0.15) is 0 Å². The zero-order valence-corrected chi connectivity index (χ0v) is 9.34. The average Bonchev–Trinajstić information content (AvgIpc) is 2.29. The van der Waals surface area contributed by atoms with Crippen LogP contribution in [0.5, 0.6) is 0 Å². The number of aliphatic carboxylic acids is 1. The van der Waals surface area contributed by atoms with E-state index in [0.29, 0.717) is 0 Å². The Balaban J connectivity index is 2.46. The first-order valence-electron chi connectivity index (χ1n) is 5.45. The van der Waals surface area contributed by atoms with Gasteiger partial charge in [-0.3, -0.25) is 9.59 Å². The summed E-state index contributed by atoms with van der Waals surface area (Å²) in [4.78, 5) is 21.6. The number of carbonyl (C=O) groups excluding carboxylic acids is 1. The van der Waals surface area contributed by atoms with Gasteiger partial charge in [-0.25, -0.2) is 8.78 Å². The highest BCUT2D eigenvalue weighted by Gasteiger charge is 2.49. The van der Waals surface area contributed by atoms with Gasteiger partial charge in [0.25, 0.3) is 5.91 Å². The molecule has 1 fully saturated rings. The average molecular weight is 271 g/mol. The number of hydrogen-bond donors (Lipinski definition) is 2. The Morgan fingerprint density at radius 1 is 1.17 bits per heavy atom. The van der Waals surface area contributed by atoms with E-state index in [2.05, 4.69) is 0 Å². The number of amides is 1. The molecule has 0 aromatic rings. The van der Waals surface area contributed by atoms with Crippen molar-refractivity contribution in [2.45, 2.75) is 44.1 Å². The summed E-state index contributed by atoms with van der Waals surface area (Å²) in [5.74, 6) is -8.24. The molecule has 2 N–H and O–H groups in total. The van der Waals surface area contributed by atoms with Crippen molar-refractivity contribution in [3.63, 3.8) is 0 Å². The van der Waals surface area contributed by atoms with Crippen LogP contribution >= 0.6 is 0 Å². The predicted molar refractivity (Wildman–Crippen MR) is 52.5 cm³/mol. The highest BCUT2D eigenvalue weighted by Crippen LogP contribution is 2.27. The first kappa shape index (κ1) is 14.7. The van der Waals surface area contributed by atoms with E-state index in [1.54, 1.807) is 0 Å². The van der Waals surface area contributed by atoms with Gasteiger partial charge in [-0.2, -0.15) is 8.78 Å². The quantitative estimate of drug-likeness (QED) is 0.764. The minimum atomic E-state index is -4.70. The zero-order chi connectivity index (χ0) is 13.9. The number of rotatable bonds is 4. The molecule has 0 spiro atoms. The molecule has 18 heavy (non-hydrogen) atoms. The number of carboxylic acids is 1. The summed E-state index contributed by atoms with van der Waals surface area (Å²) in [5.41, 5.74) is 0. The molecule has 0 atom stereocenters. The van der Waals surface area contributed by atoms with E-state index in [1.807, 2.05) is 5.32 Å². The molecule has 0 aromatic carbocycles. The third-order valence-corrected chi connectivity index (χ3v) is 2.99. The molecule has 8 heteroatoms. The van der Waals surface area contributed by atoms with Gasteiger partial charge in [-0.15, -0.1) is 0 Å². The molecular formula is C10H13F4NO3. The lowest BCUT2D eigenvalue weighted by molar-refractivity contribution is -0.170. The number of halogens is 4. The van der Waals surface area contributed by atoms with Crippen molar-refractivity contribution in [3.05, 3.63) is 0 Å². The lowest BCUT2D eigenvalue weighted by Gasteiger charge is -2.28. The molecule has 1 rings (SSSR count). The van der Waals surface area contributed by atoms with Gasteiger partial charge in [-0.1, -0.05) is 0 Å². The van der Waals surface area contributed by atoms with Crippen molar-refractivity contribution in [3.8, 4) is 0 Å². The van der Waals surface area contributed by atoms with Crippen LogP contribution in [0.15, 0.2) is 0 Å². The Labute approximate surface area is 100 Å². The summed E-state index contributed by atoms with van der Waals surface area (Å²) in [6, 6.07) is -0.669. The number of carbonyl (C=O) groups is 2. The molecular weight excluding hydrogens is 258 g/mol.